The maximum absolute atomic E-state index is 5.74. The van der Waals surface area contributed by atoms with Crippen molar-refractivity contribution in [2.24, 2.45) is 5.92 Å². The molecule has 0 radical (unpaired) electrons. The van der Waals surface area contributed by atoms with Crippen LogP contribution in [0.25, 0.3) is 0 Å². The van der Waals surface area contributed by atoms with E-state index >= 15 is 0 Å². The predicted molar refractivity (Wildman–Crippen MR) is 66.7 cm³/mol. The van der Waals surface area contributed by atoms with Gasteiger partial charge >= 0.3 is 0 Å². The molecule has 3 heteroatoms. The van der Waals surface area contributed by atoms with Gasteiger partial charge in [0, 0.05) is 32.2 Å². The molecule has 1 aliphatic carbocycles. The van der Waals surface area contributed by atoms with Crippen molar-refractivity contribution in [3.8, 4) is 0 Å². The molecule has 2 aliphatic rings. The lowest BCUT2D eigenvalue weighted by Gasteiger charge is -2.30. The van der Waals surface area contributed by atoms with Crippen LogP contribution in [0.5, 0.6) is 0 Å². The molecule has 0 aromatic rings. The summed E-state index contributed by atoms with van der Waals surface area (Å²) in [5, 5.41) is 3.40. The van der Waals surface area contributed by atoms with Gasteiger partial charge in [-0.15, -0.1) is 0 Å². The zero-order valence-corrected chi connectivity index (χ0v) is 10.7. The predicted octanol–water partition coefficient (Wildman–Crippen LogP) is 1.49. The highest BCUT2D eigenvalue weighted by atomic mass is 16.5. The fraction of sp³-hybridized carbons (Fsp3) is 1.00. The van der Waals surface area contributed by atoms with E-state index in [1.54, 1.807) is 0 Å². The number of hydrogen-bond donors (Lipinski definition) is 1. The van der Waals surface area contributed by atoms with Crippen molar-refractivity contribution in [3.63, 3.8) is 0 Å². The van der Waals surface area contributed by atoms with Crippen LogP contribution in [-0.2, 0) is 4.74 Å². The van der Waals surface area contributed by atoms with Gasteiger partial charge in [-0.3, -0.25) is 0 Å². The molecule has 0 aromatic carbocycles. The van der Waals surface area contributed by atoms with Crippen LogP contribution in [0.4, 0.5) is 0 Å². The molecule has 3 nitrogen and oxygen atoms in total. The van der Waals surface area contributed by atoms with Gasteiger partial charge in [0.1, 0.15) is 0 Å². The number of rotatable bonds is 6. The summed E-state index contributed by atoms with van der Waals surface area (Å²) in [4.78, 5) is 2.62. The smallest absolute Gasteiger partial charge is 0.0712 e. The Kier molecular flexibility index (Phi) is 4.62. The first-order valence-corrected chi connectivity index (χ1v) is 6.82. The SMILES string of the molecule is CC(C)N(CCC1CNCCO1)CC1CC1. The molecule has 16 heavy (non-hydrogen) atoms. The van der Waals surface area contributed by atoms with Gasteiger partial charge in [-0.05, 0) is 39.0 Å². The van der Waals surface area contributed by atoms with Gasteiger partial charge in [-0.2, -0.15) is 0 Å². The minimum Gasteiger partial charge on any atom is -0.376 e. The third kappa shape index (κ3) is 4.04. The molecule has 1 saturated heterocycles. The highest BCUT2D eigenvalue weighted by Gasteiger charge is 2.26. The van der Waals surface area contributed by atoms with Crippen molar-refractivity contribution in [3.05, 3.63) is 0 Å². The Hall–Kier alpha value is -0.120. The fourth-order valence-corrected chi connectivity index (χ4v) is 2.31. The van der Waals surface area contributed by atoms with Crippen LogP contribution in [-0.4, -0.2) is 49.8 Å². The van der Waals surface area contributed by atoms with E-state index in [-0.39, 0.29) is 0 Å². The van der Waals surface area contributed by atoms with E-state index in [1.807, 2.05) is 0 Å². The summed E-state index contributed by atoms with van der Waals surface area (Å²) < 4.78 is 5.74. The van der Waals surface area contributed by atoms with Crippen molar-refractivity contribution >= 4 is 0 Å². The first-order valence-electron chi connectivity index (χ1n) is 6.82. The molecule has 1 aliphatic heterocycles. The van der Waals surface area contributed by atoms with Gasteiger partial charge in [-0.25, -0.2) is 0 Å². The molecule has 1 heterocycles. The average molecular weight is 226 g/mol. The number of nitrogens with zero attached hydrogens (tertiary/aromatic N) is 1. The van der Waals surface area contributed by atoms with E-state index in [9.17, 15) is 0 Å². The quantitative estimate of drug-likeness (QED) is 0.742. The van der Waals surface area contributed by atoms with Gasteiger partial charge in [0.15, 0.2) is 0 Å². The van der Waals surface area contributed by atoms with E-state index in [2.05, 4.69) is 24.1 Å². The third-order valence-electron chi connectivity index (χ3n) is 3.66. The van der Waals surface area contributed by atoms with Gasteiger partial charge in [0.2, 0.25) is 0 Å². The van der Waals surface area contributed by atoms with Gasteiger partial charge in [0.05, 0.1) is 12.7 Å². The summed E-state index contributed by atoms with van der Waals surface area (Å²) in [7, 11) is 0. The lowest BCUT2D eigenvalue weighted by atomic mass is 10.2. The topological polar surface area (TPSA) is 24.5 Å². The largest absolute Gasteiger partial charge is 0.376 e. The Morgan fingerprint density at radius 3 is 2.75 bits per heavy atom. The monoisotopic (exact) mass is 226 g/mol. The highest BCUT2D eigenvalue weighted by molar-refractivity contribution is 4.79. The van der Waals surface area contributed by atoms with Gasteiger partial charge < -0.3 is 15.0 Å². The maximum atomic E-state index is 5.74. The first-order chi connectivity index (χ1) is 7.75. The minimum atomic E-state index is 0.439. The number of hydrogen-bond acceptors (Lipinski definition) is 3. The molecule has 2 fully saturated rings. The van der Waals surface area contributed by atoms with Crippen LogP contribution < -0.4 is 5.32 Å². The van der Waals surface area contributed by atoms with Crippen LogP contribution in [0, 0.1) is 5.92 Å². The van der Waals surface area contributed by atoms with Crippen LogP contribution in [0.15, 0.2) is 0 Å². The minimum absolute atomic E-state index is 0.439. The van der Waals surface area contributed by atoms with E-state index in [0.717, 1.165) is 25.6 Å². The molecule has 0 amide bonds. The van der Waals surface area contributed by atoms with E-state index < -0.39 is 0 Å². The van der Waals surface area contributed by atoms with Crippen molar-refractivity contribution < 1.29 is 4.74 Å². The zero-order valence-electron chi connectivity index (χ0n) is 10.7. The molecule has 2 rings (SSSR count). The van der Waals surface area contributed by atoms with Crippen LogP contribution in [0.1, 0.15) is 33.1 Å². The summed E-state index contributed by atoms with van der Waals surface area (Å²) in [6.45, 7) is 10.1. The van der Waals surface area contributed by atoms with E-state index in [1.165, 1.54) is 32.4 Å². The molecule has 1 saturated carbocycles. The number of nitrogens with one attached hydrogen (secondary N) is 1. The summed E-state index contributed by atoms with van der Waals surface area (Å²) >= 11 is 0. The third-order valence-corrected chi connectivity index (χ3v) is 3.66. The van der Waals surface area contributed by atoms with Crippen LogP contribution in [0.2, 0.25) is 0 Å². The second-order valence-electron chi connectivity index (χ2n) is 5.52. The second-order valence-corrected chi connectivity index (χ2v) is 5.52. The Morgan fingerprint density at radius 2 is 2.19 bits per heavy atom. The normalized spacial score (nSPS) is 26.6. The Bertz CT molecular complexity index is 198. The Labute approximate surface area is 99.5 Å². The van der Waals surface area contributed by atoms with E-state index in [0.29, 0.717) is 12.1 Å². The second kappa shape index (κ2) is 5.99. The molecule has 0 spiro atoms. The van der Waals surface area contributed by atoms with Crippen molar-refractivity contribution in [2.45, 2.75) is 45.3 Å². The maximum Gasteiger partial charge on any atom is 0.0712 e. The zero-order chi connectivity index (χ0) is 11.4. The molecular formula is C13H26N2O. The Morgan fingerprint density at radius 1 is 1.38 bits per heavy atom. The fourth-order valence-electron chi connectivity index (χ4n) is 2.31. The van der Waals surface area contributed by atoms with Crippen molar-refractivity contribution in [2.75, 3.05) is 32.8 Å². The van der Waals surface area contributed by atoms with Crippen LogP contribution in [0.3, 0.4) is 0 Å². The molecule has 1 N–H and O–H groups in total. The van der Waals surface area contributed by atoms with E-state index in [4.69, 9.17) is 4.74 Å². The van der Waals surface area contributed by atoms with Crippen molar-refractivity contribution in [1.82, 2.24) is 10.2 Å². The lowest BCUT2D eigenvalue weighted by molar-refractivity contribution is 0.0151. The average Bonchev–Trinajstić information content (AvgIpc) is 3.09. The molecule has 1 unspecified atom stereocenters. The number of morpholine rings is 1. The lowest BCUT2D eigenvalue weighted by Crippen LogP contribution is -2.42. The van der Waals surface area contributed by atoms with Gasteiger partial charge in [0.25, 0.3) is 0 Å². The van der Waals surface area contributed by atoms with Crippen molar-refractivity contribution in [1.29, 1.82) is 0 Å². The Balaban J connectivity index is 1.67. The highest BCUT2D eigenvalue weighted by Crippen LogP contribution is 2.30. The summed E-state index contributed by atoms with van der Waals surface area (Å²) in [6.07, 6.45) is 4.52. The molecule has 0 bridgehead atoms. The molecular weight excluding hydrogens is 200 g/mol. The molecule has 0 aromatic heterocycles. The summed E-state index contributed by atoms with van der Waals surface area (Å²) in [5.41, 5.74) is 0. The molecule has 1 atom stereocenters. The van der Waals surface area contributed by atoms with Gasteiger partial charge in [-0.1, -0.05) is 0 Å². The summed E-state index contributed by atoms with van der Waals surface area (Å²) in [5.74, 6) is 0.993. The first kappa shape index (κ1) is 12.3. The standard InChI is InChI=1S/C13H26N2O/c1-11(2)15(10-12-3-4-12)7-5-13-9-14-6-8-16-13/h11-14H,3-10H2,1-2H3. The van der Waals surface area contributed by atoms with Crippen LogP contribution >= 0.6 is 0 Å². The summed E-state index contributed by atoms with van der Waals surface area (Å²) in [6, 6.07) is 0.678. The molecule has 94 valence electrons. The number of ether oxygens (including phenoxy) is 1.